The average molecular weight is 278 g/mol. The summed E-state index contributed by atoms with van der Waals surface area (Å²) in [5.74, 6) is 2.40. The minimum Gasteiger partial charge on any atom is -0.375 e. The molecule has 1 aromatic carbocycles. The van der Waals surface area contributed by atoms with Crippen LogP contribution in [0.15, 0.2) is 24.3 Å². The highest BCUT2D eigenvalue weighted by atomic mass is 32.2. The van der Waals surface area contributed by atoms with Crippen LogP contribution in [-0.2, 0) is 0 Å². The molecule has 1 aliphatic rings. The molecule has 0 spiro atoms. The first kappa shape index (κ1) is 14.3. The third kappa shape index (κ3) is 3.66. The van der Waals surface area contributed by atoms with Gasteiger partial charge in [0.05, 0.1) is 0 Å². The largest absolute Gasteiger partial charge is 0.375 e. The van der Waals surface area contributed by atoms with Gasteiger partial charge in [-0.05, 0) is 43.4 Å². The van der Waals surface area contributed by atoms with Crippen LogP contribution < -0.4 is 4.90 Å². The van der Waals surface area contributed by atoms with Gasteiger partial charge in [-0.2, -0.15) is 11.8 Å². The molecule has 0 unspecified atom stereocenters. The zero-order valence-electron chi connectivity index (χ0n) is 11.8. The molecule has 0 aliphatic carbocycles. The van der Waals surface area contributed by atoms with E-state index in [1.165, 1.54) is 5.75 Å². The first-order valence-electron chi connectivity index (χ1n) is 6.90. The van der Waals surface area contributed by atoms with Crippen molar-refractivity contribution in [2.24, 2.45) is 0 Å². The molecule has 19 heavy (non-hydrogen) atoms. The van der Waals surface area contributed by atoms with E-state index in [1.807, 2.05) is 40.9 Å². The fraction of sp³-hybridized carbons (Fsp3) is 0.533. The van der Waals surface area contributed by atoms with Crippen LogP contribution in [0.1, 0.15) is 23.7 Å². The first-order chi connectivity index (χ1) is 9.22. The van der Waals surface area contributed by atoms with Gasteiger partial charge in [0.2, 0.25) is 0 Å². The molecule has 0 radical (unpaired) electrons. The zero-order valence-corrected chi connectivity index (χ0v) is 12.6. The van der Waals surface area contributed by atoms with Crippen molar-refractivity contribution >= 4 is 23.4 Å². The minimum absolute atomic E-state index is 0.174. The van der Waals surface area contributed by atoms with Crippen LogP contribution >= 0.6 is 11.8 Å². The Morgan fingerprint density at radius 1 is 1.26 bits per heavy atom. The van der Waals surface area contributed by atoms with Crippen molar-refractivity contribution in [1.29, 1.82) is 0 Å². The zero-order chi connectivity index (χ0) is 13.7. The third-order valence-corrected chi connectivity index (χ3v) is 4.59. The van der Waals surface area contributed by atoms with E-state index < -0.39 is 0 Å². The maximum absolute atomic E-state index is 12.4. The monoisotopic (exact) mass is 278 g/mol. The Hall–Kier alpha value is -1.16. The van der Waals surface area contributed by atoms with Gasteiger partial charge < -0.3 is 9.80 Å². The molecule has 0 saturated carbocycles. The predicted octanol–water partition coefficient (Wildman–Crippen LogP) is 2.72. The number of benzene rings is 1. The summed E-state index contributed by atoms with van der Waals surface area (Å²) in [5, 5.41) is 0. The lowest BCUT2D eigenvalue weighted by Gasteiger charge is -2.21. The quantitative estimate of drug-likeness (QED) is 0.849. The maximum Gasteiger partial charge on any atom is 0.253 e. The average Bonchev–Trinajstić information content (AvgIpc) is 2.75. The molecule has 1 saturated heterocycles. The van der Waals surface area contributed by atoms with E-state index in [0.717, 1.165) is 43.1 Å². The molecule has 104 valence electrons. The lowest BCUT2D eigenvalue weighted by atomic mass is 10.1. The van der Waals surface area contributed by atoms with Gasteiger partial charge in [0.1, 0.15) is 0 Å². The van der Waals surface area contributed by atoms with E-state index in [4.69, 9.17) is 0 Å². The molecule has 0 bridgehead atoms. The molecular formula is C15H22N2OS. The molecule has 1 aliphatic heterocycles. The second-order valence-corrected chi connectivity index (χ2v) is 6.04. The number of carbonyl (C=O) groups is 1. The summed E-state index contributed by atoms with van der Waals surface area (Å²) in [7, 11) is 2.06. The smallest absolute Gasteiger partial charge is 0.253 e. The Labute approximate surface area is 120 Å². The molecule has 1 fully saturated rings. The molecule has 1 amide bonds. The Bertz CT molecular complexity index is 411. The van der Waals surface area contributed by atoms with E-state index in [2.05, 4.69) is 18.9 Å². The Balaban J connectivity index is 2.06. The van der Waals surface area contributed by atoms with E-state index in [9.17, 15) is 4.79 Å². The van der Waals surface area contributed by atoms with E-state index in [0.29, 0.717) is 0 Å². The number of carbonyl (C=O) groups excluding carboxylic acids is 1. The van der Waals surface area contributed by atoms with Crippen molar-refractivity contribution < 1.29 is 4.79 Å². The number of hydrogen-bond donors (Lipinski definition) is 0. The molecule has 4 heteroatoms. The Morgan fingerprint density at radius 3 is 2.68 bits per heavy atom. The number of rotatable bonds is 3. The Kier molecular flexibility index (Phi) is 5.14. The maximum atomic E-state index is 12.4. The molecular weight excluding hydrogens is 256 g/mol. The summed E-state index contributed by atoms with van der Waals surface area (Å²) in [6.07, 6.45) is 1.10. The number of thioether (sulfide) groups is 1. The van der Waals surface area contributed by atoms with Crippen molar-refractivity contribution in [2.45, 2.75) is 13.3 Å². The highest BCUT2D eigenvalue weighted by molar-refractivity contribution is 7.99. The van der Waals surface area contributed by atoms with Crippen LogP contribution in [0, 0.1) is 0 Å². The molecule has 2 rings (SSSR count). The standard InChI is InChI=1S/C15H22N2OS/c1-3-16(2)14-7-5-13(6-8-14)15(18)17-9-4-11-19-12-10-17/h5-8H,3-4,9-12H2,1-2H3. The van der Waals surface area contributed by atoms with E-state index >= 15 is 0 Å². The topological polar surface area (TPSA) is 23.6 Å². The summed E-state index contributed by atoms with van der Waals surface area (Å²) in [6, 6.07) is 7.95. The molecule has 0 atom stereocenters. The number of hydrogen-bond acceptors (Lipinski definition) is 3. The van der Waals surface area contributed by atoms with Gasteiger partial charge in [-0.25, -0.2) is 0 Å². The van der Waals surface area contributed by atoms with Gasteiger partial charge in [-0.3, -0.25) is 4.79 Å². The van der Waals surface area contributed by atoms with Gasteiger partial charge in [0.15, 0.2) is 0 Å². The lowest BCUT2D eigenvalue weighted by molar-refractivity contribution is 0.0768. The van der Waals surface area contributed by atoms with E-state index in [-0.39, 0.29) is 5.91 Å². The van der Waals surface area contributed by atoms with Gasteiger partial charge in [0, 0.05) is 43.7 Å². The van der Waals surface area contributed by atoms with Gasteiger partial charge in [-0.15, -0.1) is 0 Å². The second-order valence-electron chi connectivity index (χ2n) is 4.82. The summed E-state index contributed by atoms with van der Waals surface area (Å²) < 4.78 is 0. The van der Waals surface area contributed by atoms with Crippen LogP contribution in [-0.4, -0.2) is 49.0 Å². The van der Waals surface area contributed by atoms with Gasteiger partial charge >= 0.3 is 0 Å². The van der Waals surface area contributed by atoms with Crippen molar-refractivity contribution in [2.75, 3.05) is 43.1 Å². The summed E-state index contributed by atoms with van der Waals surface area (Å²) in [5.41, 5.74) is 1.96. The number of nitrogens with zero attached hydrogens (tertiary/aromatic N) is 2. The summed E-state index contributed by atoms with van der Waals surface area (Å²) in [4.78, 5) is 16.6. The fourth-order valence-electron chi connectivity index (χ4n) is 2.17. The van der Waals surface area contributed by atoms with Crippen LogP contribution in [0.2, 0.25) is 0 Å². The molecule has 0 aromatic heterocycles. The molecule has 1 aromatic rings. The van der Waals surface area contributed by atoms with Gasteiger partial charge in [0.25, 0.3) is 5.91 Å². The van der Waals surface area contributed by atoms with Crippen LogP contribution in [0.3, 0.4) is 0 Å². The predicted molar refractivity (Wildman–Crippen MR) is 83.2 cm³/mol. The SMILES string of the molecule is CCN(C)c1ccc(C(=O)N2CCCSCC2)cc1. The molecule has 1 heterocycles. The highest BCUT2D eigenvalue weighted by Crippen LogP contribution is 2.17. The van der Waals surface area contributed by atoms with Gasteiger partial charge in [-0.1, -0.05) is 0 Å². The summed E-state index contributed by atoms with van der Waals surface area (Å²) in [6.45, 7) is 4.85. The van der Waals surface area contributed by atoms with Crippen molar-refractivity contribution in [3.05, 3.63) is 29.8 Å². The molecule has 3 nitrogen and oxygen atoms in total. The van der Waals surface area contributed by atoms with Crippen LogP contribution in [0.5, 0.6) is 0 Å². The number of amides is 1. The highest BCUT2D eigenvalue weighted by Gasteiger charge is 2.17. The number of anilines is 1. The van der Waals surface area contributed by atoms with Crippen molar-refractivity contribution in [1.82, 2.24) is 4.90 Å². The normalized spacial score (nSPS) is 16.0. The fourth-order valence-corrected chi connectivity index (χ4v) is 3.06. The van der Waals surface area contributed by atoms with Crippen molar-refractivity contribution in [3.63, 3.8) is 0 Å². The van der Waals surface area contributed by atoms with E-state index in [1.54, 1.807) is 0 Å². The van der Waals surface area contributed by atoms with Crippen molar-refractivity contribution in [3.8, 4) is 0 Å². The second kappa shape index (κ2) is 6.85. The lowest BCUT2D eigenvalue weighted by Crippen LogP contribution is -2.32. The first-order valence-corrected chi connectivity index (χ1v) is 8.06. The molecule has 0 N–H and O–H groups in total. The van der Waals surface area contributed by atoms with Crippen LogP contribution in [0.25, 0.3) is 0 Å². The Morgan fingerprint density at radius 2 is 2.00 bits per heavy atom. The third-order valence-electron chi connectivity index (χ3n) is 3.54. The summed E-state index contributed by atoms with van der Waals surface area (Å²) >= 11 is 1.94. The minimum atomic E-state index is 0.174. The van der Waals surface area contributed by atoms with Crippen LogP contribution in [0.4, 0.5) is 5.69 Å².